The van der Waals surface area contributed by atoms with Gasteiger partial charge in [-0.1, -0.05) is 5.16 Å². The quantitative estimate of drug-likeness (QED) is 0.817. The van der Waals surface area contributed by atoms with Crippen LogP contribution >= 0.6 is 0 Å². The highest BCUT2D eigenvalue weighted by Gasteiger charge is 2.28. The highest BCUT2D eigenvalue weighted by Crippen LogP contribution is 2.40. The van der Waals surface area contributed by atoms with Crippen molar-refractivity contribution in [3.63, 3.8) is 0 Å². The SMILES string of the molecule is O=C(O)c1cn(CCNC(=O)c2cc(C3CC3)on2)cn1. The number of hydrogen-bond donors (Lipinski definition) is 2. The maximum Gasteiger partial charge on any atom is 0.356 e. The molecule has 8 heteroatoms. The molecular formula is C13H14N4O4. The summed E-state index contributed by atoms with van der Waals surface area (Å²) in [5.41, 5.74) is 0.251. The Balaban J connectivity index is 1.49. The van der Waals surface area contributed by atoms with E-state index >= 15 is 0 Å². The number of imidazole rings is 1. The van der Waals surface area contributed by atoms with Crippen molar-refractivity contribution in [3.8, 4) is 0 Å². The minimum absolute atomic E-state index is 0.0214. The van der Waals surface area contributed by atoms with E-state index in [1.54, 1.807) is 10.6 Å². The van der Waals surface area contributed by atoms with Crippen LogP contribution in [0.4, 0.5) is 0 Å². The summed E-state index contributed by atoms with van der Waals surface area (Å²) in [6.07, 6.45) is 5.00. The van der Waals surface area contributed by atoms with Crippen LogP contribution in [-0.2, 0) is 6.54 Å². The summed E-state index contributed by atoms with van der Waals surface area (Å²) in [5.74, 6) is -0.197. The van der Waals surface area contributed by atoms with Gasteiger partial charge in [-0.25, -0.2) is 9.78 Å². The maximum atomic E-state index is 11.9. The molecule has 0 saturated heterocycles. The standard InChI is InChI=1S/C13H14N4O4/c18-12(9-5-11(21-16-9)8-1-2-8)14-3-4-17-6-10(13(19)20)15-7-17/h5-8H,1-4H2,(H,14,18)(H,19,20). The second-order valence-corrected chi connectivity index (χ2v) is 4.95. The van der Waals surface area contributed by atoms with E-state index < -0.39 is 5.97 Å². The monoisotopic (exact) mass is 290 g/mol. The fourth-order valence-corrected chi connectivity index (χ4v) is 1.94. The van der Waals surface area contributed by atoms with Crippen LogP contribution in [0.15, 0.2) is 23.1 Å². The largest absolute Gasteiger partial charge is 0.476 e. The predicted molar refractivity (Wildman–Crippen MR) is 70.0 cm³/mol. The number of rotatable bonds is 6. The number of nitrogens with zero attached hydrogens (tertiary/aromatic N) is 3. The maximum absolute atomic E-state index is 11.9. The molecule has 2 aromatic rings. The molecule has 0 spiro atoms. The number of carbonyl (C=O) groups is 2. The molecule has 2 aromatic heterocycles. The molecule has 0 unspecified atom stereocenters. The lowest BCUT2D eigenvalue weighted by Gasteiger charge is -2.03. The van der Waals surface area contributed by atoms with Crippen molar-refractivity contribution in [1.82, 2.24) is 20.0 Å². The molecule has 1 aliphatic rings. The molecule has 21 heavy (non-hydrogen) atoms. The van der Waals surface area contributed by atoms with Crippen molar-refractivity contribution in [2.75, 3.05) is 6.54 Å². The zero-order valence-corrected chi connectivity index (χ0v) is 11.2. The Bertz CT molecular complexity index is 671. The van der Waals surface area contributed by atoms with Gasteiger partial charge < -0.3 is 19.5 Å². The fraction of sp³-hybridized carbons (Fsp3) is 0.385. The Morgan fingerprint density at radius 1 is 1.43 bits per heavy atom. The number of hydrogen-bond acceptors (Lipinski definition) is 5. The first-order chi connectivity index (χ1) is 10.1. The zero-order valence-electron chi connectivity index (χ0n) is 11.2. The third kappa shape index (κ3) is 3.10. The minimum atomic E-state index is -1.08. The van der Waals surface area contributed by atoms with Crippen molar-refractivity contribution in [3.05, 3.63) is 35.7 Å². The van der Waals surface area contributed by atoms with E-state index in [0.717, 1.165) is 18.6 Å². The number of amides is 1. The van der Waals surface area contributed by atoms with E-state index in [2.05, 4.69) is 15.5 Å². The van der Waals surface area contributed by atoms with Gasteiger partial charge in [-0.05, 0) is 12.8 Å². The molecule has 0 aliphatic heterocycles. The van der Waals surface area contributed by atoms with Crippen LogP contribution in [0.1, 0.15) is 45.5 Å². The van der Waals surface area contributed by atoms with Gasteiger partial charge in [0.15, 0.2) is 11.4 Å². The zero-order chi connectivity index (χ0) is 14.8. The molecule has 0 bridgehead atoms. The van der Waals surface area contributed by atoms with Crippen LogP contribution < -0.4 is 5.32 Å². The molecule has 1 amide bonds. The number of carbonyl (C=O) groups excluding carboxylic acids is 1. The van der Waals surface area contributed by atoms with Gasteiger partial charge in [0.25, 0.3) is 5.91 Å². The van der Waals surface area contributed by atoms with Gasteiger partial charge in [-0.2, -0.15) is 0 Å². The van der Waals surface area contributed by atoms with Crippen molar-refractivity contribution in [2.24, 2.45) is 0 Å². The Kier molecular flexibility index (Phi) is 3.43. The molecule has 8 nitrogen and oxygen atoms in total. The highest BCUT2D eigenvalue weighted by molar-refractivity contribution is 5.92. The second-order valence-electron chi connectivity index (χ2n) is 4.95. The van der Waals surface area contributed by atoms with Crippen LogP contribution in [0.2, 0.25) is 0 Å². The Morgan fingerprint density at radius 3 is 2.90 bits per heavy atom. The van der Waals surface area contributed by atoms with E-state index in [1.165, 1.54) is 12.5 Å². The van der Waals surface area contributed by atoms with Crippen LogP contribution in [0.5, 0.6) is 0 Å². The van der Waals surface area contributed by atoms with Crippen molar-refractivity contribution >= 4 is 11.9 Å². The average Bonchev–Trinajstić information content (AvgIpc) is 3.01. The Labute approximate surface area is 119 Å². The summed E-state index contributed by atoms with van der Waals surface area (Å²) >= 11 is 0. The third-order valence-electron chi connectivity index (χ3n) is 3.25. The van der Waals surface area contributed by atoms with E-state index in [9.17, 15) is 9.59 Å². The average molecular weight is 290 g/mol. The Morgan fingerprint density at radius 2 is 2.24 bits per heavy atom. The molecule has 0 atom stereocenters. The summed E-state index contributed by atoms with van der Waals surface area (Å²) in [4.78, 5) is 26.3. The summed E-state index contributed by atoms with van der Waals surface area (Å²) in [5, 5.41) is 15.2. The lowest BCUT2D eigenvalue weighted by molar-refractivity contribution is 0.0690. The van der Waals surface area contributed by atoms with Gasteiger partial charge in [0.05, 0.1) is 6.33 Å². The first-order valence-corrected chi connectivity index (χ1v) is 6.63. The third-order valence-corrected chi connectivity index (χ3v) is 3.25. The van der Waals surface area contributed by atoms with Gasteiger partial charge in [-0.15, -0.1) is 0 Å². The summed E-state index contributed by atoms with van der Waals surface area (Å²) in [6, 6.07) is 1.67. The molecule has 1 saturated carbocycles. The molecule has 1 aliphatic carbocycles. The van der Waals surface area contributed by atoms with E-state index in [4.69, 9.17) is 9.63 Å². The van der Waals surface area contributed by atoms with Crippen molar-refractivity contribution in [2.45, 2.75) is 25.3 Å². The topological polar surface area (TPSA) is 110 Å². The second kappa shape index (κ2) is 5.39. The smallest absolute Gasteiger partial charge is 0.356 e. The number of carboxylic acids is 1. The van der Waals surface area contributed by atoms with Crippen LogP contribution in [0.25, 0.3) is 0 Å². The Hall–Kier alpha value is -2.64. The number of aromatic nitrogens is 3. The fourth-order valence-electron chi connectivity index (χ4n) is 1.94. The summed E-state index contributed by atoms with van der Waals surface area (Å²) in [6.45, 7) is 0.777. The molecule has 1 fully saturated rings. The van der Waals surface area contributed by atoms with E-state index in [-0.39, 0.29) is 17.3 Å². The predicted octanol–water partition coefficient (Wildman–Crippen LogP) is 0.877. The van der Waals surface area contributed by atoms with E-state index in [0.29, 0.717) is 19.0 Å². The van der Waals surface area contributed by atoms with Crippen molar-refractivity contribution in [1.29, 1.82) is 0 Å². The summed E-state index contributed by atoms with van der Waals surface area (Å²) in [7, 11) is 0. The molecule has 0 aromatic carbocycles. The summed E-state index contributed by atoms with van der Waals surface area (Å²) < 4.78 is 6.71. The first kappa shape index (κ1) is 13.3. The number of nitrogens with one attached hydrogen (secondary N) is 1. The molecule has 0 radical (unpaired) electrons. The number of carboxylic acid groups (broad SMARTS) is 1. The molecule has 2 heterocycles. The first-order valence-electron chi connectivity index (χ1n) is 6.63. The van der Waals surface area contributed by atoms with Crippen LogP contribution in [0.3, 0.4) is 0 Å². The lowest BCUT2D eigenvalue weighted by Crippen LogP contribution is -2.27. The normalized spacial score (nSPS) is 14.1. The lowest BCUT2D eigenvalue weighted by atomic mass is 10.3. The molecule has 110 valence electrons. The van der Waals surface area contributed by atoms with Gasteiger partial charge in [0, 0.05) is 31.3 Å². The van der Waals surface area contributed by atoms with Crippen LogP contribution in [0, 0.1) is 0 Å². The molecule has 3 rings (SSSR count). The van der Waals surface area contributed by atoms with Crippen LogP contribution in [-0.4, -0.2) is 38.2 Å². The molecule has 2 N–H and O–H groups in total. The van der Waals surface area contributed by atoms with E-state index in [1.807, 2.05) is 0 Å². The highest BCUT2D eigenvalue weighted by atomic mass is 16.5. The van der Waals surface area contributed by atoms with Gasteiger partial charge in [-0.3, -0.25) is 4.79 Å². The minimum Gasteiger partial charge on any atom is -0.476 e. The van der Waals surface area contributed by atoms with Crippen molar-refractivity contribution < 1.29 is 19.2 Å². The van der Waals surface area contributed by atoms with Gasteiger partial charge in [0.2, 0.25) is 0 Å². The van der Waals surface area contributed by atoms with Gasteiger partial charge in [0.1, 0.15) is 5.76 Å². The number of aromatic carboxylic acids is 1. The molecular weight excluding hydrogens is 276 g/mol. The van der Waals surface area contributed by atoms with Gasteiger partial charge >= 0.3 is 5.97 Å².